The third-order valence-corrected chi connectivity index (χ3v) is 1.91. The van der Waals surface area contributed by atoms with E-state index in [4.69, 9.17) is 20.9 Å². The highest BCUT2D eigenvalue weighted by atomic mass is 32.1. The van der Waals surface area contributed by atoms with E-state index >= 15 is 0 Å². The molecule has 9 heteroatoms. The predicted molar refractivity (Wildman–Crippen MR) is 57.0 cm³/mol. The molecule has 0 radical (unpaired) electrons. The Bertz CT molecular complexity index is 195. The molecule has 0 aliphatic carbocycles. The van der Waals surface area contributed by atoms with Gasteiger partial charge in [-0.1, -0.05) is 0 Å². The molecule has 16 heavy (non-hydrogen) atoms. The van der Waals surface area contributed by atoms with Crippen molar-refractivity contribution >= 4 is 18.5 Å². The summed E-state index contributed by atoms with van der Waals surface area (Å²) in [6.07, 6.45) is 0. The van der Waals surface area contributed by atoms with Crippen molar-refractivity contribution in [1.29, 1.82) is 0 Å². The molecule has 0 heterocycles. The third-order valence-electron chi connectivity index (χ3n) is 1.51. The molecule has 0 aliphatic heterocycles. The van der Waals surface area contributed by atoms with Gasteiger partial charge >= 0.3 is 0 Å². The van der Waals surface area contributed by atoms with Crippen molar-refractivity contribution in [3.8, 4) is 0 Å². The van der Waals surface area contributed by atoms with Crippen molar-refractivity contribution < 1.29 is 24.8 Å². The van der Waals surface area contributed by atoms with Crippen molar-refractivity contribution in [3.63, 3.8) is 0 Å². The molecule has 0 aromatic heterocycles. The largest absolute Gasteiger partial charge is 0.377 e. The number of thiol groups is 1. The normalized spacial score (nSPS) is 12.8. The van der Waals surface area contributed by atoms with Gasteiger partial charge in [0.2, 0.25) is 5.91 Å². The van der Waals surface area contributed by atoms with Crippen LogP contribution < -0.4 is 11.1 Å². The first-order valence-corrected chi connectivity index (χ1v) is 5.24. The number of nitrogens with one attached hydrogen (secondary N) is 1. The molecule has 5 N–H and O–H groups in total. The molecule has 0 spiro atoms. The van der Waals surface area contributed by atoms with Crippen molar-refractivity contribution in [2.75, 3.05) is 32.1 Å². The van der Waals surface area contributed by atoms with Gasteiger partial charge in [0.25, 0.3) is 0 Å². The standard InChI is InChI=1S/C7H17N3O5S/c8-6(5-16)7(11)9-1-2-14-3-4-15-10(12)13/h6,12-13,16H,1-5,8H2,(H,9,11). The first-order valence-electron chi connectivity index (χ1n) is 4.60. The van der Waals surface area contributed by atoms with Gasteiger partial charge in [0.05, 0.1) is 31.3 Å². The third kappa shape index (κ3) is 8.85. The fourth-order valence-corrected chi connectivity index (χ4v) is 0.906. The van der Waals surface area contributed by atoms with Crippen LogP contribution in [-0.2, 0) is 14.4 Å². The number of hydrogen-bond donors (Lipinski definition) is 5. The Labute approximate surface area is 98.6 Å². The summed E-state index contributed by atoms with van der Waals surface area (Å²) in [5, 5.41) is 18.5. The fraction of sp³-hybridized carbons (Fsp3) is 0.857. The van der Waals surface area contributed by atoms with Gasteiger partial charge in [-0.15, -0.1) is 0 Å². The van der Waals surface area contributed by atoms with E-state index in [0.717, 1.165) is 0 Å². The van der Waals surface area contributed by atoms with E-state index in [-0.39, 0.29) is 31.5 Å². The number of carbonyl (C=O) groups is 1. The van der Waals surface area contributed by atoms with Gasteiger partial charge in [-0.25, -0.2) is 4.84 Å². The van der Waals surface area contributed by atoms with E-state index in [1.54, 1.807) is 0 Å². The maximum absolute atomic E-state index is 11.1. The molecular formula is C7H17N3O5S. The van der Waals surface area contributed by atoms with Gasteiger partial charge in [0.15, 0.2) is 0 Å². The molecule has 96 valence electrons. The van der Waals surface area contributed by atoms with Crippen molar-refractivity contribution in [2.45, 2.75) is 6.04 Å². The molecule has 0 aromatic carbocycles. The summed E-state index contributed by atoms with van der Waals surface area (Å²) in [5.41, 5.74) is 5.40. The van der Waals surface area contributed by atoms with E-state index in [0.29, 0.717) is 6.54 Å². The van der Waals surface area contributed by atoms with Gasteiger partial charge in [-0.05, 0) is 0 Å². The number of nitrogens with zero attached hydrogens (tertiary/aromatic N) is 1. The maximum atomic E-state index is 11.1. The van der Waals surface area contributed by atoms with Gasteiger partial charge in [-0.3, -0.25) is 15.2 Å². The zero-order valence-electron chi connectivity index (χ0n) is 8.70. The summed E-state index contributed by atoms with van der Waals surface area (Å²) in [6.45, 7) is 0.775. The molecule has 0 aromatic rings. The highest BCUT2D eigenvalue weighted by molar-refractivity contribution is 7.80. The summed E-state index contributed by atoms with van der Waals surface area (Å²) in [7, 11) is 0. The minimum Gasteiger partial charge on any atom is -0.377 e. The van der Waals surface area contributed by atoms with Crippen LogP contribution in [0.2, 0.25) is 0 Å². The lowest BCUT2D eigenvalue weighted by molar-refractivity contribution is -0.493. The Morgan fingerprint density at radius 2 is 2.12 bits per heavy atom. The lowest BCUT2D eigenvalue weighted by atomic mass is 10.3. The number of nitrogens with two attached hydrogens (primary N) is 1. The molecule has 1 unspecified atom stereocenters. The number of hydrogen-bond acceptors (Lipinski definition) is 8. The number of amides is 1. The first kappa shape index (κ1) is 15.6. The zero-order valence-corrected chi connectivity index (χ0v) is 9.60. The smallest absolute Gasteiger partial charge is 0.237 e. The molecule has 0 saturated heterocycles. The average Bonchev–Trinajstić information content (AvgIpc) is 2.25. The van der Waals surface area contributed by atoms with E-state index in [2.05, 4.69) is 22.8 Å². The van der Waals surface area contributed by atoms with Crippen LogP contribution in [-0.4, -0.2) is 59.9 Å². The quantitative estimate of drug-likeness (QED) is 0.191. The van der Waals surface area contributed by atoms with Crippen LogP contribution in [0.15, 0.2) is 0 Å². The molecule has 1 atom stereocenters. The van der Waals surface area contributed by atoms with Gasteiger partial charge < -0.3 is 15.8 Å². The SMILES string of the molecule is NC(CS)C(=O)NCCOCCON(O)O. The Kier molecular flexibility index (Phi) is 9.52. The predicted octanol–water partition coefficient (Wildman–Crippen LogP) is -1.61. The van der Waals surface area contributed by atoms with Crippen LogP contribution in [0.25, 0.3) is 0 Å². The summed E-state index contributed by atoms with van der Waals surface area (Å²) >= 11 is 3.88. The maximum Gasteiger partial charge on any atom is 0.237 e. The van der Waals surface area contributed by atoms with E-state index in [9.17, 15) is 4.79 Å². The summed E-state index contributed by atoms with van der Waals surface area (Å²) < 4.78 is 5.00. The lowest BCUT2D eigenvalue weighted by Crippen LogP contribution is -2.43. The Morgan fingerprint density at radius 1 is 1.44 bits per heavy atom. The topological polar surface area (TPSA) is 117 Å². The van der Waals surface area contributed by atoms with Crippen molar-refractivity contribution in [1.82, 2.24) is 10.7 Å². The summed E-state index contributed by atoms with van der Waals surface area (Å²) in [4.78, 5) is 15.3. The summed E-state index contributed by atoms with van der Waals surface area (Å²) in [6, 6.07) is -0.621. The Balaban J connectivity index is 3.24. The first-order chi connectivity index (χ1) is 7.57. The monoisotopic (exact) mass is 255 g/mol. The van der Waals surface area contributed by atoms with E-state index < -0.39 is 11.4 Å². The van der Waals surface area contributed by atoms with Crippen LogP contribution in [0.5, 0.6) is 0 Å². The van der Waals surface area contributed by atoms with E-state index in [1.807, 2.05) is 0 Å². The highest BCUT2D eigenvalue weighted by Gasteiger charge is 2.09. The second-order valence-electron chi connectivity index (χ2n) is 2.78. The molecule has 0 rings (SSSR count). The van der Waals surface area contributed by atoms with E-state index in [1.165, 1.54) is 0 Å². The number of carbonyl (C=O) groups excluding carboxylic acids is 1. The minimum absolute atomic E-state index is 0.00288. The minimum atomic E-state index is -0.621. The molecule has 0 aliphatic rings. The van der Waals surface area contributed by atoms with Crippen LogP contribution in [0.4, 0.5) is 0 Å². The Hall–Kier alpha value is -0.420. The number of ether oxygens (including phenoxy) is 1. The van der Waals surface area contributed by atoms with Gasteiger partial charge in [-0.2, -0.15) is 12.6 Å². The lowest BCUT2D eigenvalue weighted by Gasteiger charge is -2.10. The van der Waals surface area contributed by atoms with Crippen LogP contribution in [0.3, 0.4) is 0 Å². The van der Waals surface area contributed by atoms with Crippen LogP contribution >= 0.6 is 12.6 Å². The summed E-state index contributed by atoms with van der Waals surface area (Å²) in [5.74, 6) is -0.00431. The molecule has 8 nitrogen and oxygen atoms in total. The zero-order chi connectivity index (χ0) is 12.4. The molecule has 0 bridgehead atoms. The number of rotatable bonds is 9. The average molecular weight is 255 g/mol. The molecule has 0 fully saturated rings. The molecular weight excluding hydrogens is 238 g/mol. The second-order valence-corrected chi connectivity index (χ2v) is 3.14. The van der Waals surface area contributed by atoms with Crippen LogP contribution in [0, 0.1) is 0 Å². The van der Waals surface area contributed by atoms with Crippen molar-refractivity contribution in [3.05, 3.63) is 0 Å². The Morgan fingerprint density at radius 3 is 2.69 bits per heavy atom. The van der Waals surface area contributed by atoms with Gasteiger partial charge in [0, 0.05) is 12.3 Å². The molecule has 0 saturated carbocycles. The fourth-order valence-electron chi connectivity index (χ4n) is 0.740. The van der Waals surface area contributed by atoms with Crippen molar-refractivity contribution in [2.24, 2.45) is 5.73 Å². The van der Waals surface area contributed by atoms with Gasteiger partial charge in [0.1, 0.15) is 0 Å². The molecule has 1 amide bonds. The highest BCUT2D eigenvalue weighted by Crippen LogP contribution is 1.83. The second kappa shape index (κ2) is 9.78. The van der Waals surface area contributed by atoms with Crippen LogP contribution in [0.1, 0.15) is 0 Å².